The molecule has 0 radical (unpaired) electrons. The SMILES string of the molecule is COC(=O)C1CCN(C(=O)Cn2nc(C)c(N)c2C)C1. The number of nitrogen functional groups attached to an aromatic ring is 1. The van der Waals surface area contributed by atoms with Crippen molar-refractivity contribution in [1.29, 1.82) is 0 Å². The van der Waals surface area contributed by atoms with Gasteiger partial charge in [-0.15, -0.1) is 0 Å². The third-order valence-electron chi connectivity index (χ3n) is 3.80. The van der Waals surface area contributed by atoms with Crippen molar-refractivity contribution in [3.05, 3.63) is 11.4 Å². The summed E-state index contributed by atoms with van der Waals surface area (Å²) in [5, 5.41) is 4.24. The van der Waals surface area contributed by atoms with Gasteiger partial charge in [0.05, 0.1) is 30.1 Å². The lowest BCUT2D eigenvalue weighted by Gasteiger charge is -2.16. The van der Waals surface area contributed by atoms with E-state index in [1.807, 2.05) is 13.8 Å². The molecule has 1 aromatic rings. The van der Waals surface area contributed by atoms with Crippen molar-refractivity contribution in [3.63, 3.8) is 0 Å². The third kappa shape index (κ3) is 2.61. The van der Waals surface area contributed by atoms with Gasteiger partial charge in [0.15, 0.2) is 0 Å². The van der Waals surface area contributed by atoms with Gasteiger partial charge < -0.3 is 15.4 Å². The number of carbonyl (C=O) groups is 2. The number of likely N-dealkylation sites (tertiary alicyclic amines) is 1. The van der Waals surface area contributed by atoms with Crippen LogP contribution >= 0.6 is 0 Å². The summed E-state index contributed by atoms with van der Waals surface area (Å²) < 4.78 is 6.32. The fraction of sp³-hybridized carbons (Fsp3) is 0.615. The molecule has 1 aromatic heterocycles. The molecule has 0 bridgehead atoms. The molecule has 1 saturated heterocycles. The first-order chi connectivity index (χ1) is 9.43. The van der Waals surface area contributed by atoms with Crippen LogP contribution in [0.3, 0.4) is 0 Å². The Morgan fingerprint density at radius 1 is 1.45 bits per heavy atom. The van der Waals surface area contributed by atoms with Crippen LogP contribution in [0.5, 0.6) is 0 Å². The minimum atomic E-state index is -0.254. The van der Waals surface area contributed by atoms with E-state index in [2.05, 4.69) is 5.10 Å². The zero-order valence-corrected chi connectivity index (χ0v) is 12.0. The first kappa shape index (κ1) is 14.4. The second-order valence-corrected chi connectivity index (χ2v) is 5.09. The number of hydrogen-bond acceptors (Lipinski definition) is 5. The molecule has 1 atom stereocenters. The van der Waals surface area contributed by atoms with Crippen molar-refractivity contribution in [2.24, 2.45) is 5.92 Å². The fourth-order valence-corrected chi connectivity index (χ4v) is 2.44. The topological polar surface area (TPSA) is 90.5 Å². The fourth-order valence-electron chi connectivity index (χ4n) is 2.44. The number of methoxy groups -OCH3 is 1. The van der Waals surface area contributed by atoms with Crippen LogP contribution in [0.15, 0.2) is 0 Å². The van der Waals surface area contributed by atoms with Crippen molar-refractivity contribution < 1.29 is 14.3 Å². The van der Waals surface area contributed by atoms with Gasteiger partial charge in [0, 0.05) is 13.1 Å². The minimum absolute atomic E-state index is 0.0537. The molecule has 7 heteroatoms. The van der Waals surface area contributed by atoms with Crippen molar-refractivity contribution in [1.82, 2.24) is 14.7 Å². The molecule has 2 N–H and O–H groups in total. The maximum Gasteiger partial charge on any atom is 0.310 e. The number of aryl methyl sites for hydroxylation is 1. The average molecular weight is 280 g/mol. The number of ether oxygens (including phenoxy) is 1. The number of anilines is 1. The molecule has 0 aromatic carbocycles. The number of rotatable bonds is 3. The monoisotopic (exact) mass is 280 g/mol. The van der Waals surface area contributed by atoms with E-state index >= 15 is 0 Å². The van der Waals surface area contributed by atoms with Gasteiger partial charge in [0.25, 0.3) is 0 Å². The highest BCUT2D eigenvalue weighted by atomic mass is 16.5. The summed E-state index contributed by atoms with van der Waals surface area (Å²) in [5.41, 5.74) is 7.98. The van der Waals surface area contributed by atoms with E-state index in [1.165, 1.54) is 7.11 Å². The second kappa shape index (κ2) is 5.52. The molecule has 1 amide bonds. The quantitative estimate of drug-likeness (QED) is 0.793. The Bertz CT molecular complexity index is 538. The van der Waals surface area contributed by atoms with E-state index in [4.69, 9.17) is 10.5 Å². The Hall–Kier alpha value is -2.05. The second-order valence-electron chi connectivity index (χ2n) is 5.09. The molecule has 2 rings (SSSR count). The molecular weight excluding hydrogens is 260 g/mol. The van der Waals surface area contributed by atoms with Gasteiger partial charge >= 0.3 is 5.97 Å². The minimum Gasteiger partial charge on any atom is -0.469 e. The first-order valence-electron chi connectivity index (χ1n) is 6.59. The summed E-state index contributed by atoms with van der Waals surface area (Å²) in [6.45, 7) is 4.79. The van der Waals surface area contributed by atoms with Crippen molar-refractivity contribution in [2.75, 3.05) is 25.9 Å². The Morgan fingerprint density at radius 3 is 2.70 bits per heavy atom. The van der Waals surface area contributed by atoms with Gasteiger partial charge in [-0.2, -0.15) is 5.10 Å². The van der Waals surface area contributed by atoms with Crippen LogP contribution in [0.25, 0.3) is 0 Å². The van der Waals surface area contributed by atoms with Crippen molar-refractivity contribution in [3.8, 4) is 0 Å². The largest absolute Gasteiger partial charge is 0.469 e. The molecule has 0 spiro atoms. The molecular formula is C13H20N4O3. The summed E-state index contributed by atoms with van der Waals surface area (Å²) in [4.78, 5) is 25.3. The van der Waals surface area contributed by atoms with Gasteiger partial charge in [0.2, 0.25) is 5.91 Å². The third-order valence-corrected chi connectivity index (χ3v) is 3.80. The summed E-state index contributed by atoms with van der Waals surface area (Å²) in [6.07, 6.45) is 0.650. The Kier molecular flexibility index (Phi) is 3.96. The zero-order chi connectivity index (χ0) is 14.9. The van der Waals surface area contributed by atoms with Crippen LogP contribution in [0, 0.1) is 19.8 Å². The summed E-state index contributed by atoms with van der Waals surface area (Å²) in [7, 11) is 1.37. The lowest BCUT2D eigenvalue weighted by Crippen LogP contribution is -2.33. The Balaban J connectivity index is 1.99. The molecule has 1 aliphatic heterocycles. The number of aromatic nitrogens is 2. The molecule has 0 saturated carbocycles. The first-order valence-corrected chi connectivity index (χ1v) is 6.59. The lowest BCUT2D eigenvalue weighted by atomic mass is 10.1. The molecule has 0 aliphatic carbocycles. The van der Waals surface area contributed by atoms with Gasteiger partial charge in [-0.25, -0.2) is 0 Å². The van der Waals surface area contributed by atoms with Crippen LogP contribution in [-0.4, -0.2) is 46.8 Å². The summed E-state index contributed by atoms with van der Waals surface area (Å²) in [5.74, 6) is -0.521. The molecule has 20 heavy (non-hydrogen) atoms. The average Bonchev–Trinajstić information content (AvgIpc) is 3.00. The molecule has 7 nitrogen and oxygen atoms in total. The normalized spacial score (nSPS) is 18.4. The predicted molar refractivity (Wildman–Crippen MR) is 72.8 cm³/mol. The Labute approximate surface area is 117 Å². The lowest BCUT2D eigenvalue weighted by molar-refractivity contribution is -0.145. The molecule has 1 unspecified atom stereocenters. The molecule has 1 aliphatic rings. The highest BCUT2D eigenvalue weighted by molar-refractivity contribution is 5.79. The smallest absolute Gasteiger partial charge is 0.310 e. The number of amides is 1. The number of nitrogens with two attached hydrogens (primary N) is 1. The maximum absolute atomic E-state index is 12.2. The Morgan fingerprint density at radius 2 is 2.15 bits per heavy atom. The van der Waals surface area contributed by atoms with Crippen LogP contribution < -0.4 is 5.73 Å². The molecule has 2 heterocycles. The van der Waals surface area contributed by atoms with E-state index in [9.17, 15) is 9.59 Å². The molecule has 1 fully saturated rings. The van der Waals surface area contributed by atoms with Crippen LogP contribution in [0.4, 0.5) is 5.69 Å². The number of hydrogen-bond donors (Lipinski definition) is 1. The predicted octanol–water partition coefficient (Wildman–Crippen LogP) is 0.104. The summed E-state index contributed by atoms with van der Waals surface area (Å²) in [6, 6.07) is 0. The van der Waals surface area contributed by atoms with Crippen molar-refractivity contribution >= 4 is 17.6 Å². The van der Waals surface area contributed by atoms with Crippen LogP contribution in [0.2, 0.25) is 0 Å². The van der Waals surface area contributed by atoms with E-state index in [-0.39, 0.29) is 24.3 Å². The van der Waals surface area contributed by atoms with E-state index in [0.29, 0.717) is 25.2 Å². The molecule has 110 valence electrons. The van der Waals surface area contributed by atoms with Crippen molar-refractivity contribution in [2.45, 2.75) is 26.8 Å². The zero-order valence-electron chi connectivity index (χ0n) is 12.0. The number of nitrogens with zero attached hydrogens (tertiary/aromatic N) is 3. The maximum atomic E-state index is 12.2. The van der Waals surface area contributed by atoms with Gasteiger partial charge in [-0.05, 0) is 20.3 Å². The van der Waals surface area contributed by atoms with E-state index in [1.54, 1.807) is 9.58 Å². The highest BCUT2D eigenvalue weighted by Crippen LogP contribution is 2.19. The highest BCUT2D eigenvalue weighted by Gasteiger charge is 2.31. The standard InChI is InChI=1S/C13H20N4O3/c1-8-12(14)9(2)17(15-8)7-11(18)16-5-4-10(6-16)13(19)20-3/h10H,4-7,14H2,1-3H3. The summed E-state index contributed by atoms with van der Waals surface area (Å²) >= 11 is 0. The van der Waals surface area contributed by atoms with Gasteiger partial charge in [0.1, 0.15) is 6.54 Å². The van der Waals surface area contributed by atoms with E-state index < -0.39 is 0 Å². The number of esters is 1. The van der Waals surface area contributed by atoms with Gasteiger partial charge in [-0.1, -0.05) is 0 Å². The number of carbonyl (C=O) groups excluding carboxylic acids is 2. The van der Waals surface area contributed by atoms with Gasteiger partial charge in [-0.3, -0.25) is 14.3 Å². The van der Waals surface area contributed by atoms with Crippen LogP contribution in [-0.2, 0) is 20.9 Å². The van der Waals surface area contributed by atoms with Crippen LogP contribution in [0.1, 0.15) is 17.8 Å². The van der Waals surface area contributed by atoms with E-state index in [0.717, 1.165) is 11.4 Å².